The van der Waals surface area contributed by atoms with E-state index in [4.69, 9.17) is 0 Å². The predicted molar refractivity (Wildman–Crippen MR) is 97.9 cm³/mol. The molecule has 1 aliphatic heterocycles. The molecular weight excluding hydrogens is 334 g/mol. The lowest BCUT2D eigenvalue weighted by molar-refractivity contribution is -0.144. The van der Waals surface area contributed by atoms with Gasteiger partial charge in [0.25, 0.3) is 5.91 Å². The summed E-state index contributed by atoms with van der Waals surface area (Å²) in [7, 11) is 0. The molecule has 1 aliphatic rings. The maximum Gasteiger partial charge on any atom is 0.326 e. The maximum atomic E-state index is 12.6. The van der Waals surface area contributed by atoms with Crippen LogP contribution in [0.5, 0.6) is 0 Å². The number of nitrogens with zero attached hydrogens (tertiary/aromatic N) is 3. The Balaban J connectivity index is 1.73. The Morgan fingerprint density at radius 2 is 2.23 bits per heavy atom. The van der Waals surface area contributed by atoms with E-state index in [9.17, 15) is 14.7 Å². The van der Waals surface area contributed by atoms with Crippen molar-refractivity contribution in [3.63, 3.8) is 0 Å². The van der Waals surface area contributed by atoms with Crippen LogP contribution in [0.25, 0.3) is 22.1 Å². The number of likely N-dealkylation sites (tertiary alicyclic amines) is 1. The van der Waals surface area contributed by atoms with E-state index < -0.39 is 6.10 Å². The highest BCUT2D eigenvalue weighted by molar-refractivity contribution is 6.00. The van der Waals surface area contributed by atoms with Gasteiger partial charge in [-0.15, -0.1) is 0 Å². The molecule has 8 heteroatoms. The van der Waals surface area contributed by atoms with Crippen molar-refractivity contribution in [1.29, 1.82) is 0 Å². The fraction of sp³-hybridized carbons (Fsp3) is 0.500. The van der Waals surface area contributed by atoms with Gasteiger partial charge < -0.3 is 20.0 Å². The van der Waals surface area contributed by atoms with Crippen LogP contribution in [-0.2, 0) is 4.79 Å². The van der Waals surface area contributed by atoms with Crippen molar-refractivity contribution < 1.29 is 9.90 Å². The van der Waals surface area contributed by atoms with Crippen molar-refractivity contribution in [3.8, 4) is 0 Å². The van der Waals surface area contributed by atoms with Crippen molar-refractivity contribution in [1.82, 2.24) is 24.4 Å². The molecule has 1 amide bonds. The molecule has 0 aromatic carbocycles. The quantitative estimate of drug-likeness (QED) is 0.658. The lowest BCUT2D eigenvalue weighted by Gasteiger charge is -2.35. The van der Waals surface area contributed by atoms with Crippen LogP contribution in [0.1, 0.15) is 32.7 Å². The van der Waals surface area contributed by atoms with Crippen molar-refractivity contribution in [2.75, 3.05) is 13.1 Å². The average Bonchev–Trinajstić information content (AvgIpc) is 3.23. The smallest absolute Gasteiger partial charge is 0.326 e. The third-order valence-corrected chi connectivity index (χ3v) is 5.22. The summed E-state index contributed by atoms with van der Waals surface area (Å²) in [6, 6.07) is 1.77. The van der Waals surface area contributed by atoms with Gasteiger partial charge in [-0.2, -0.15) is 0 Å². The molecule has 3 aromatic heterocycles. The molecule has 0 saturated carbocycles. The molecule has 138 valence electrons. The number of carbonyl (C=O) groups excluding carboxylic acids is 1. The van der Waals surface area contributed by atoms with Crippen LogP contribution in [0.4, 0.5) is 0 Å². The van der Waals surface area contributed by atoms with Crippen LogP contribution in [0.2, 0.25) is 0 Å². The van der Waals surface area contributed by atoms with Gasteiger partial charge >= 0.3 is 5.69 Å². The second kappa shape index (κ2) is 6.28. The molecule has 3 aromatic rings. The van der Waals surface area contributed by atoms with Crippen LogP contribution in [-0.4, -0.2) is 54.6 Å². The average molecular weight is 357 g/mol. The first-order chi connectivity index (χ1) is 12.5. The van der Waals surface area contributed by atoms with Crippen LogP contribution in [0, 0.1) is 5.92 Å². The Kier molecular flexibility index (Phi) is 4.07. The molecule has 26 heavy (non-hydrogen) atoms. The summed E-state index contributed by atoms with van der Waals surface area (Å²) in [4.78, 5) is 37.1. The van der Waals surface area contributed by atoms with E-state index in [1.807, 2.05) is 19.9 Å². The van der Waals surface area contributed by atoms with Crippen molar-refractivity contribution in [2.45, 2.75) is 38.8 Å². The SMILES string of the molecule is CC(C)C(O)C(=O)N1CCC[C@@H](n2c(=O)[nH]c3cnc4[nH]ccc4c32)C1. The van der Waals surface area contributed by atoms with E-state index >= 15 is 0 Å². The number of nitrogens with one attached hydrogen (secondary N) is 2. The summed E-state index contributed by atoms with van der Waals surface area (Å²) in [6.07, 6.45) is 4.05. The van der Waals surface area contributed by atoms with Gasteiger partial charge in [0.2, 0.25) is 0 Å². The molecule has 0 aliphatic carbocycles. The second-order valence-electron chi connectivity index (χ2n) is 7.33. The third kappa shape index (κ3) is 2.61. The van der Waals surface area contributed by atoms with Crippen molar-refractivity contribution in [2.24, 2.45) is 5.92 Å². The Morgan fingerprint density at radius 1 is 1.42 bits per heavy atom. The number of hydrogen-bond donors (Lipinski definition) is 3. The minimum Gasteiger partial charge on any atom is -0.383 e. The first kappa shape index (κ1) is 16.8. The molecule has 4 heterocycles. The molecule has 0 spiro atoms. The summed E-state index contributed by atoms with van der Waals surface area (Å²) in [5.74, 6) is -0.393. The fourth-order valence-corrected chi connectivity index (χ4v) is 3.81. The number of H-pyrrole nitrogens is 2. The first-order valence-corrected chi connectivity index (χ1v) is 9.00. The van der Waals surface area contributed by atoms with Crippen LogP contribution < -0.4 is 5.69 Å². The standard InChI is InChI=1S/C18H23N5O3/c1-10(2)15(24)17(25)22-7-3-4-11(9-22)23-14-12-5-6-19-16(12)20-8-13(14)21-18(23)26/h5-6,8,10-11,15,24H,3-4,7,9H2,1-2H3,(H,19,20)(H,21,26)/t11-,15?/m1/s1. The molecule has 8 nitrogen and oxygen atoms in total. The Bertz CT molecular complexity index is 1010. The van der Waals surface area contributed by atoms with E-state index in [-0.39, 0.29) is 23.6 Å². The van der Waals surface area contributed by atoms with Gasteiger partial charge in [0.05, 0.1) is 23.3 Å². The Morgan fingerprint density at radius 3 is 3.00 bits per heavy atom. The molecule has 1 saturated heterocycles. The van der Waals surface area contributed by atoms with Crippen LogP contribution >= 0.6 is 0 Å². The Hall–Kier alpha value is -2.61. The zero-order valence-corrected chi connectivity index (χ0v) is 14.9. The zero-order chi connectivity index (χ0) is 18.4. The lowest BCUT2D eigenvalue weighted by Crippen LogP contribution is -2.47. The monoisotopic (exact) mass is 357 g/mol. The topological polar surface area (TPSA) is 107 Å². The fourth-order valence-electron chi connectivity index (χ4n) is 3.81. The number of aromatic nitrogens is 4. The first-order valence-electron chi connectivity index (χ1n) is 9.00. The lowest BCUT2D eigenvalue weighted by atomic mass is 10.0. The highest BCUT2D eigenvalue weighted by Crippen LogP contribution is 2.28. The van der Waals surface area contributed by atoms with E-state index in [0.29, 0.717) is 18.6 Å². The van der Waals surface area contributed by atoms with Gasteiger partial charge in [0, 0.05) is 24.7 Å². The van der Waals surface area contributed by atoms with Gasteiger partial charge in [0.15, 0.2) is 0 Å². The summed E-state index contributed by atoms with van der Waals surface area (Å²) in [5, 5.41) is 11.0. The Labute approximate surface area is 149 Å². The summed E-state index contributed by atoms with van der Waals surface area (Å²) < 4.78 is 1.74. The normalized spacial score (nSPS) is 19.5. The number of piperidine rings is 1. The maximum absolute atomic E-state index is 12.6. The minimum atomic E-state index is -1.01. The number of fused-ring (bicyclic) bond motifs is 3. The molecular formula is C18H23N5O3. The van der Waals surface area contributed by atoms with Gasteiger partial charge in [-0.3, -0.25) is 9.36 Å². The third-order valence-electron chi connectivity index (χ3n) is 5.22. The molecule has 0 radical (unpaired) electrons. The summed E-state index contributed by atoms with van der Waals surface area (Å²) in [5.41, 5.74) is 2.03. The molecule has 2 atom stereocenters. The number of amides is 1. The summed E-state index contributed by atoms with van der Waals surface area (Å²) >= 11 is 0. The van der Waals surface area contributed by atoms with E-state index in [1.165, 1.54) is 0 Å². The van der Waals surface area contributed by atoms with Gasteiger partial charge in [-0.1, -0.05) is 13.8 Å². The highest BCUT2D eigenvalue weighted by atomic mass is 16.3. The molecule has 0 bridgehead atoms. The summed E-state index contributed by atoms with van der Waals surface area (Å²) in [6.45, 7) is 4.68. The largest absolute Gasteiger partial charge is 0.383 e. The number of hydrogen-bond acceptors (Lipinski definition) is 4. The van der Waals surface area contributed by atoms with Crippen LogP contribution in [0.15, 0.2) is 23.3 Å². The molecule has 1 fully saturated rings. The molecule has 4 rings (SSSR count). The van der Waals surface area contributed by atoms with Crippen molar-refractivity contribution >= 4 is 28.0 Å². The van der Waals surface area contributed by atoms with E-state index in [0.717, 1.165) is 29.4 Å². The number of aromatic amines is 2. The minimum absolute atomic E-state index is 0.131. The molecule has 1 unspecified atom stereocenters. The number of aliphatic hydroxyl groups excluding tert-OH is 1. The predicted octanol–water partition coefficient (Wildman–Crippen LogP) is 1.39. The molecule has 3 N–H and O–H groups in total. The number of pyridine rings is 1. The number of imidazole rings is 1. The van der Waals surface area contributed by atoms with Crippen molar-refractivity contribution in [3.05, 3.63) is 28.9 Å². The van der Waals surface area contributed by atoms with Gasteiger partial charge in [-0.05, 0) is 24.8 Å². The van der Waals surface area contributed by atoms with Gasteiger partial charge in [0.1, 0.15) is 11.8 Å². The van der Waals surface area contributed by atoms with Gasteiger partial charge in [-0.25, -0.2) is 9.78 Å². The highest BCUT2D eigenvalue weighted by Gasteiger charge is 2.31. The number of carbonyl (C=O) groups is 1. The second-order valence-corrected chi connectivity index (χ2v) is 7.33. The van der Waals surface area contributed by atoms with Crippen LogP contribution in [0.3, 0.4) is 0 Å². The van der Waals surface area contributed by atoms with E-state index in [2.05, 4.69) is 15.0 Å². The zero-order valence-electron chi connectivity index (χ0n) is 14.9. The van der Waals surface area contributed by atoms with E-state index in [1.54, 1.807) is 21.9 Å². The number of rotatable bonds is 3. The number of aliphatic hydroxyl groups is 1.